The molecule has 1 aromatic carbocycles. The summed E-state index contributed by atoms with van der Waals surface area (Å²) < 4.78 is 56.6. The summed E-state index contributed by atoms with van der Waals surface area (Å²) in [6.45, 7) is -3.54. The molecular formula is C13H11BF4NO-. The maximum Gasteiger partial charge on any atom is 0.513 e. The van der Waals surface area contributed by atoms with Gasteiger partial charge in [0.05, 0.1) is 5.75 Å². The van der Waals surface area contributed by atoms with Crippen molar-refractivity contribution in [3.63, 3.8) is 0 Å². The molecule has 20 heavy (non-hydrogen) atoms. The molecule has 0 atom stereocenters. The van der Waals surface area contributed by atoms with Gasteiger partial charge in [0.25, 0.3) is 0 Å². The second-order valence-corrected chi connectivity index (χ2v) is 4.42. The number of hydrogen-bond acceptors (Lipinski definition) is 2. The highest BCUT2D eigenvalue weighted by Crippen LogP contribution is 2.20. The summed E-state index contributed by atoms with van der Waals surface area (Å²) in [7, 11) is 0. The standard InChI is InChI=1S/C13H11BF4NO/c1-9-4-10(7-19-6-9)8-20-13-5-11(15)2-3-12(13)14(16,17)18/h2-7H,8H2,1H3/q-1. The van der Waals surface area contributed by atoms with Gasteiger partial charge in [-0.15, -0.1) is 0 Å². The van der Waals surface area contributed by atoms with E-state index in [1.54, 1.807) is 12.3 Å². The largest absolute Gasteiger partial charge is 0.513 e. The van der Waals surface area contributed by atoms with Crippen molar-refractivity contribution in [2.24, 2.45) is 0 Å². The van der Waals surface area contributed by atoms with Crippen LogP contribution in [-0.4, -0.2) is 12.0 Å². The summed E-state index contributed by atoms with van der Waals surface area (Å²) in [5, 5.41) is 0. The van der Waals surface area contributed by atoms with Crippen molar-refractivity contribution in [2.45, 2.75) is 13.5 Å². The summed E-state index contributed by atoms with van der Waals surface area (Å²) in [5.41, 5.74) is 0.549. The molecule has 0 saturated carbocycles. The number of ether oxygens (including phenoxy) is 1. The monoisotopic (exact) mass is 284 g/mol. The van der Waals surface area contributed by atoms with Crippen LogP contribution in [0.2, 0.25) is 0 Å². The lowest BCUT2D eigenvalue weighted by molar-refractivity contribution is 0.305. The minimum atomic E-state index is -5.25. The van der Waals surface area contributed by atoms with Gasteiger partial charge in [-0.2, -0.15) is 0 Å². The smallest absolute Gasteiger partial charge is 0.492 e. The molecule has 0 spiro atoms. The molecule has 0 saturated heterocycles. The Morgan fingerprint density at radius 3 is 2.55 bits per heavy atom. The van der Waals surface area contributed by atoms with Gasteiger partial charge in [-0.1, -0.05) is 11.5 Å². The summed E-state index contributed by atoms with van der Waals surface area (Å²) in [6.07, 6.45) is 3.11. The van der Waals surface area contributed by atoms with Gasteiger partial charge < -0.3 is 17.7 Å². The number of halogens is 4. The SMILES string of the molecule is Cc1cncc(COc2cc(F)ccc2[B-](F)(F)F)c1. The maximum absolute atomic E-state index is 13.1. The Balaban J connectivity index is 2.22. The fourth-order valence-electron chi connectivity index (χ4n) is 1.76. The van der Waals surface area contributed by atoms with Gasteiger partial charge in [-0.05, 0) is 24.6 Å². The predicted octanol–water partition coefficient (Wildman–Crippen LogP) is 3.16. The van der Waals surface area contributed by atoms with Gasteiger partial charge in [-0.3, -0.25) is 4.98 Å². The van der Waals surface area contributed by atoms with E-state index >= 15 is 0 Å². The second-order valence-electron chi connectivity index (χ2n) is 4.42. The van der Waals surface area contributed by atoms with Crippen LogP contribution >= 0.6 is 0 Å². The molecule has 2 aromatic rings. The van der Waals surface area contributed by atoms with Crippen molar-refractivity contribution >= 4 is 12.4 Å². The number of nitrogens with zero attached hydrogens (tertiary/aromatic N) is 1. The number of pyridine rings is 1. The average Bonchev–Trinajstić information content (AvgIpc) is 2.35. The molecule has 106 valence electrons. The highest BCUT2D eigenvalue weighted by atomic mass is 19.4. The Morgan fingerprint density at radius 2 is 1.90 bits per heavy atom. The van der Waals surface area contributed by atoms with Crippen LogP contribution < -0.4 is 10.2 Å². The van der Waals surface area contributed by atoms with E-state index in [-0.39, 0.29) is 6.61 Å². The molecule has 2 nitrogen and oxygen atoms in total. The van der Waals surface area contributed by atoms with E-state index in [1.807, 2.05) is 6.92 Å². The fourth-order valence-corrected chi connectivity index (χ4v) is 1.76. The first-order valence-electron chi connectivity index (χ1n) is 5.89. The van der Waals surface area contributed by atoms with E-state index in [0.717, 1.165) is 17.7 Å². The molecular weight excluding hydrogens is 273 g/mol. The van der Waals surface area contributed by atoms with Crippen LogP contribution in [0, 0.1) is 12.7 Å². The zero-order chi connectivity index (χ0) is 14.8. The summed E-state index contributed by atoms with van der Waals surface area (Å²) in [6, 6.07) is 3.95. The van der Waals surface area contributed by atoms with Crippen LogP contribution in [0.4, 0.5) is 17.3 Å². The lowest BCUT2D eigenvalue weighted by atomic mass is 9.79. The zero-order valence-corrected chi connectivity index (χ0v) is 10.6. The van der Waals surface area contributed by atoms with Crippen molar-refractivity contribution in [1.82, 2.24) is 4.98 Å². The number of aromatic nitrogens is 1. The molecule has 2 rings (SSSR count). The maximum atomic E-state index is 13.1. The molecule has 0 amide bonds. The van der Waals surface area contributed by atoms with Crippen molar-refractivity contribution in [1.29, 1.82) is 0 Å². The minimum absolute atomic E-state index is 0.0999. The molecule has 0 aliphatic carbocycles. The molecule has 0 N–H and O–H groups in total. The van der Waals surface area contributed by atoms with Gasteiger partial charge in [0.1, 0.15) is 12.4 Å². The van der Waals surface area contributed by atoms with Crippen molar-refractivity contribution < 1.29 is 22.1 Å². The van der Waals surface area contributed by atoms with Crippen molar-refractivity contribution in [3.05, 3.63) is 53.6 Å². The number of hydrogen-bond donors (Lipinski definition) is 0. The van der Waals surface area contributed by atoms with E-state index in [1.165, 1.54) is 6.20 Å². The van der Waals surface area contributed by atoms with E-state index in [0.29, 0.717) is 11.6 Å². The molecule has 0 radical (unpaired) electrons. The van der Waals surface area contributed by atoms with E-state index in [9.17, 15) is 17.3 Å². The molecule has 7 heteroatoms. The van der Waals surface area contributed by atoms with Gasteiger partial charge in [0.2, 0.25) is 0 Å². The lowest BCUT2D eigenvalue weighted by Crippen LogP contribution is -2.35. The third kappa shape index (κ3) is 3.49. The topological polar surface area (TPSA) is 22.1 Å². The van der Waals surface area contributed by atoms with Crippen LogP contribution in [0.3, 0.4) is 0 Å². The quantitative estimate of drug-likeness (QED) is 0.635. The van der Waals surface area contributed by atoms with E-state index in [2.05, 4.69) is 4.98 Å². The van der Waals surface area contributed by atoms with Gasteiger partial charge in [0, 0.05) is 24.0 Å². The molecule has 0 fully saturated rings. The van der Waals surface area contributed by atoms with Gasteiger partial charge in [-0.25, -0.2) is 4.39 Å². The average molecular weight is 284 g/mol. The molecule has 0 bridgehead atoms. The normalized spacial score (nSPS) is 11.4. The minimum Gasteiger partial charge on any atom is -0.492 e. The molecule has 0 aliphatic heterocycles. The highest BCUT2D eigenvalue weighted by Gasteiger charge is 2.29. The third-order valence-corrected chi connectivity index (χ3v) is 2.65. The molecule has 1 heterocycles. The Labute approximate surface area is 113 Å². The van der Waals surface area contributed by atoms with Gasteiger partial charge >= 0.3 is 6.98 Å². The first-order chi connectivity index (χ1) is 9.36. The highest BCUT2D eigenvalue weighted by molar-refractivity contribution is 6.74. The number of rotatable bonds is 4. The van der Waals surface area contributed by atoms with Crippen LogP contribution in [0.25, 0.3) is 0 Å². The third-order valence-electron chi connectivity index (χ3n) is 2.65. The molecule has 0 aliphatic rings. The molecule has 0 unspecified atom stereocenters. The second kappa shape index (κ2) is 5.52. The Morgan fingerprint density at radius 1 is 1.15 bits per heavy atom. The van der Waals surface area contributed by atoms with Crippen LogP contribution in [0.15, 0.2) is 36.7 Å². The first-order valence-corrected chi connectivity index (χ1v) is 5.89. The summed E-state index contributed by atoms with van der Waals surface area (Å²) >= 11 is 0. The van der Waals surface area contributed by atoms with Gasteiger partial charge in [0.15, 0.2) is 0 Å². The van der Waals surface area contributed by atoms with E-state index in [4.69, 9.17) is 4.74 Å². The summed E-state index contributed by atoms with van der Waals surface area (Å²) in [5.74, 6) is -1.27. The first kappa shape index (κ1) is 14.4. The molecule has 1 aromatic heterocycles. The Kier molecular flexibility index (Phi) is 3.97. The van der Waals surface area contributed by atoms with Crippen molar-refractivity contribution in [2.75, 3.05) is 0 Å². The number of benzene rings is 1. The predicted molar refractivity (Wildman–Crippen MR) is 68.4 cm³/mol. The van der Waals surface area contributed by atoms with E-state index < -0.39 is 24.0 Å². The fraction of sp³-hybridized carbons (Fsp3) is 0.154. The number of aryl methyl sites for hydroxylation is 1. The lowest BCUT2D eigenvalue weighted by Gasteiger charge is -2.19. The van der Waals surface area contributed by atoms with Crippen LogP contribution in [-0.2, 0) is 6.61 Å². The van der Waals surface area contributed by atoms with Crippen LogP contribution in [0.1, 0.15) is 11.1 Å². The Hall–Kier alpha value is -2.05. The van der Waals surface area contributed by atoms with Crippen molar-refractivity contribution in [3.8, 4) is 5.75 Å². The Bertz CT molecular complexity index is 616. The summed E-state index contributed by atoms with van der Waals surface area (Å²) in [4.78, 5) is 3.91. The van der Waals surface area contributed by atoms with Crippen LogP contribution in [0.5, 0.6) is 5.75 Å². The zero-order valence-electron chi connectivity index (χ0n) is 10.6.